The van der Waals surface area contributed by atoms with Crippen molar-refractivity contribution in [1.29, 1.82) is 0 Å². The number of ether oxygens (including phenoxy) is 1. The molecule has 0 aliphatic heterocycles. The van der Waals surface area contributed by atoms with Crippen molar-refractivity contribution >= 4 is 31.8 Å². The SMILES string of the molecule is COc1ccc(Br)cc1S(=O)(=O)Nc1ccn(C)n1. The Morgan fingerprint density at radius 2 is 2.11 bits per heavy atom. The lowest BCUT2D eigenvalue weighted by atomic mass is 10.3. The fourth-order valence-electron chi connectivity index (χ4n) is 1.52. The Balaban J connectivity index is 2.41. The molecule has 0 bridgehead atoms. The van der Waals surface area contributed by atoms with Crippen LogP contribution in [0.4, 0.5) is 5.82 Å². The maximum absolute atomic E-state index is 12.3. The summed E-state index contributed by atoms with van der Waals surface area (Å²) in [4.78, 5) is 0.0510. The van der Waals surface area contributed by atoms with E-state index in [1.807, 2.05) is 0 Å². The van der Waals surface area contributed by atoms with Gasteiger partial charge in [0.25, 0.3) is 10.0 Å². The lowest BCUT2D eigenvalue weighted by Gasteiger charge is -2.10. The van der Waals surface area contributed by atoms with E-state index >= 15 is 0 Å². The number of halogens is 1. The highest BCUT2D eigenvalue weighted by atomic mass is 79.9. The fourth-order valence-corrected chi connectivity index (χ4v) is 3.23. The molecule has 0 fully saturated rings. The van der Waals surface area contributed by atoms with Crippen LogP contribution < -0.4 is 9.46 Å². The van der Waals surface area contributed by atoms with Crippen LogP contribution in [0.3, 0.4) is 0 Å². The van der Waals surface area contributed by atoms with Crippen LogP contribution >= 0.6 is 15.9 Å². The molecule has 0 radical (unpaired) electrons. The van der Waals surface area contributed by atoms with Gasteiger partial charge in [0.15, 0.2) is 5.82 Å². The van der Waals surface area contributed by atoms with Crippen molar-refractivity contribution in [2.45, 2.75) is 4.90 Å². The molecule has 102 valence electrons. The fraction of sp³-hybridized carbons (Fsp3) is 0.182. The Bertz CT molecular complexity index is 697. The summed E-state index contributed by atoms with van der Waals surface area (Å²) >= 11 is 3.24. The molecule has 0 unspecified atom stereocenters. The highest BCUT2D eigenvalue weighted by Gasteiger charge is 2.20. The van der Waals surface area contributed by atoms with E-state index in [0.717, 1.165) is 0 Å². The lowest BCUT2D eigenvalue weighted by Crippen LogP contribution is -2.14. The molecule has 0 aliphatic rings. The molecule has 0 saturated heterocycles. The highest BCUT2D eigenvalue weighted by Crippen LogP contribution is 2.28. The van der Waals surface area contributed by atoms with Gasteiger partial charge in [-0.05, 0) is 18.2 Å². The maximum atomic E-state index is 12.3. The molecule has 0 saturated carbocycles. The Kier molecular flexibility index (Phi) is 3.81. The Labute approximate surface area is 119 Å². The lowest BCUT2D eigenvalue weighted by molar-refractivity contribution is 0.403. The predicted molar refractivity (Wildman–Crippen MR) is 74.7 cm³/mol. The van der Waals surface area contributed by atoms with Gasteiger partial charge in [-0.25, -0.2) is 8.42 Å². The molecule has 0 amide bonds. The minimum atomic E-state index is -3.75. The normalized spacial score (nSPS) is 11.3. The first-order valence-electron chi connectivity index (χ1n) is 5.28. The van der Waals surface area contributed by atoms with Gasteiger partial charge in [-0.3, -0.25) is 9.40 Å². The van der Waals surface area contributed by atoms with Gasteiger partial charge in [0, 0.05) is 23.8 Å². The van der Waals surface area contributed by atoms with Crippen LogP contribution in [0.2, 0.25) is 0 Å². The van der Waals surface area contributed by atoms with Gasteiger partial charge in [-0.2, -0.15) is 5.10 Å². The summed E-state index contributed by atoms with van der Waals surface area (Å²) in [5.74, 6) is 0.524. The number of hydrogen-bond donors (Lipinski definition) is 1. The van der Waals surface area contributed by atoms with E-state index in [4.69, 9.17) is 4.74 Å². The second-order valence-corrected chi connectivity index (χ2v) is 6.34. The molecule has 0 aliphatic carbocycles. The zero-order valence-electron chi connectivity index (χ0n) is 10.3. The van der Waals surface area contributed by atoms with E-state index < -0.39 is 10.0 Å². The van der Waals surface area contributed by atoms with Gasteiger partial charge in [-0.1, -0.05) is 15.9 Å². The molecule has 1 aromatic carbocycles. The number of sulfonamides is 1. The second kappa shape index (κ2) is 5.22. The van der Waals surface area contributed by atoms with E-state index in [1.165, 1.54) is 17.9 Å². The van der Waals surface area contributed by atoms with Crippen molar-refractivity contribution in [1.82, 2.24) is 9.78 Å². The minimum Gasteiger partial charge on any atom is -0.495 e. The number of aromatic nitrogens is 2. The number of anilines is 1. The highest BCUT2D eigenvalue weighted by molar-refractivity contribution is 9.10. The standard InChI is InChI=1S/C11H12BrN3O3S/c1-15-6-5-11(13-15)14-19(16,17)10-7-8(12)3-4-9(10)18-2/h3-7H,1-2H3,(H,13,14). The van der Waals surface area contributed by atoms with Gasteiger partial charge in [0.05, 0.1) is 7.11 Å². The zero-order valence-corrected chi connectivity index (χ0v) is 12.7. The zero-order chi connectivity index (χ0) is 14.0. The molecule has 0 spiro atoms. The third kappa shape index (κ3) is 3.07. The molecular weight excluding hydrogens is 334 g/mol. The van der Waals surface area contributed by atoms with Crippen molar-refractivity contribution < 1.29 is 13.2 Å². The molecule has 2 rings (SSSR count). The molecular formula is C11H12BrN3O3S. The van der Waals surface area contributed by atoms with Crippen LogP contribution in [-0.4, -0.2) is 25.3 Å². The van der Waals surface area contributed by atoms with Crippen LogP contribution in [0, 0.1) is 0 Å². The molecule has 6 nitrogen and oxygen atoms in total. The van der Waals surface area contributed by atoms with Crippen LogP contribution in [0.5, 0.6) is 5.75 Å². The van der Waals surface area contributed by atoms with Gasteiger partial charge < -0.3 is 4.74 Å². The smallest absolute Gasteiger partial charge is 0.266 e. The van der Waals surface area contributed by atoms with Crippen molar-refractivity contribution in [2.75, 3.05) is 11.8 Å². The predicted octanol–water partition coefficient (Wildman–Crippen LogP) is 1.99. The van der Waals surface area contributed by atoms with Crippen molar-refractivity contribution in [3.05, 3.63) is 34.9 Å². The molecule has 1 heterocycles. The maximum Gasteiger partial charge on any atom is 0.266 e. The summed E-state index contributed by atoms with van der Waals surface area (Å²) in [5, 5.41) is 3.97. The van der Waals surface area contributed by atoms with Gasteiger partial charge in [-0.15, -0.1) is 0 Å². The monoisotopic (exact) mass is 345 g/mol. The molecule has 8 heteroatoms. The van der Waals surface area contributed by atoms with E-state index in [2.05, 4.69) is 25.8 Å². The molecule has 19 heavy (non-hydrogen) atoms. The Morgan fingerprint density at radius 1 is 1.37 bits per heavy atom. The van der Waals surface area contributed by atoms with Crippen molar-refractivity contribution in [3.8, 4) is 5.75 Å². The molecule has 2 aromatic rings. The Hall–Kier alpha value is -1.54. The summed E-state index contributed by atoms with van der Waals surface area (Å²) in [6.45, 7) is 0. The van der Waals surface area contributed by atoms with Crippen LogP contribution in [-0.2, 0) is 17.1 Å². The number of rotatable bonds is 4. The van der Waals surface area contributed by atoms with Crippen LogP contribution in [0.1, 0.15) is 0 Å². The first kappa shape index (κ1) is 13.9. The van der Waals surface area contributed by atoms with E-state index in [-0.39, 0.29) is 16.5 Å². The summed E-state index contributed by atoms with van der Waals surface area (Å²) in [7, 11) is -0.621. The minimum absolute atomic E-state index is 0.0510. The van der Waals surface area contributed by atoms with Crippen molar-refractivity contribution in [3.63, 3.8) is 0 Å². The number of benzene rings is 1. The topological polar surface area (TPSA) is 73.2 Å². The summed E-state index contributed by atoms with van der Waals surface area (Å²) in [5.41, 5.74) is 0. The second-order valence-electron chi connectivity index (χ2n) is 3.78. The number of nitrogens with one attached hydrogen (secondary N) is 1. The first-order valence-corrected chi connectivity index (χ1v) is 7.56. The first-order chi connectivity index (χ1) is 8.92. The van der Waals surface area contributed by atoms with E-state index in [0.29, 0.717) is 4.47 Å². The number of hydrogen-bond acceptors (Lipinski definition) is 4. The average molecular weight is 346 g/mol. The van der Waals surface area contributed by atoms with Crippen LogP contribution in [0.15, 0.2) is 39.8 Å². The third-order valence-corrected chi connectivity index (χ3v) is 4.24. The van der Waals surface area contributed by atoms with Gasteiger partial charge in [0.1, 0.15) is 10.6 Å². The molecule has 1 N–H and O–H groups in total. The largest absolute Gasteiger partial charge is 0.495 e. The number of nitrogens with zero attached hydrogens (tertiary/aromatic N) is 2. The average Bonchev–Trinajstić information content (AvgIpc) is 2.74. The summed E-state index contributed by atoms with van der Waals surface area (Å²) in [6, 6.07) is 6.34. The molecule has 0 atom stereocenters. The quantitative estimate of drug-likeness (QED) is 0.919. The van der Waals surface area contributed by atoms with Crippen molar-refractivity contribution in [2.24, 2.45) is 7.05 Å². The number of aryl methyl sites for hydroxylation is 1. The molecule has 1 aromatic heterocycles. The van der Waals surface area contributed by atoms with E-state index in [1.54, 1.807) is 31.4 Å². The Morgan fingerprint density at radius 3 is 2.68 bits per heavy atom. The van der Waals surface area contributed by atoms with E-state index in [9.17, 15) is 8.42 Å². The van der Waals surface area contributed by atoms with Crippen LogP contribution in [0.25, 0.3) is 0 Å². The van der Waals surface area contributed by atoms with Gasteiger partial charge in [0.2, 0.25) is 0 Å². The third-order valence-electron chi connectivity index (χ3n) is 2.37. The summed E-state index contributed by atoms with van der Waals surface area (Å²) in [6.07, 6.45) is 1.65. The summed E-state index contributed by atoms with van der Waals surface area (Å²) < 4.78 is 34.2. The van der Waals surface area contributed by atoms with Gasteiger partial charge >= 0.3 is 0 Å². The number of methoxy groups -OCH3 is 1.